The molecule has 7 nitrogen and oxygen atoms in total. The van der Waals surface area contributed by atoms with Gasteiger partial charge in [-0.2, -0.15) is 0 Å². The molecule has 1 aromatic carbocycles. The smallest absolute Gasteiger partial charge is 0.272 e. The van der Waals surface area contributed by atoms with Crippen molar-refractivity contribution in [3.8, 4) is 22.8 Å². The summed E-state index contributed by atoms with van der Waals surface area (Å²) >= 11 is 0. The van der Waals surface area contributed by atoms with Gasteiger partial charge in [0.25, 0.3) is 11.5 Å². The van der Waals surface area contributed by atoms with E-state index in [0.717, 1.165) is 6.92 Å². The third-order valence-electron chi connectivity index (χ3n) is 4.84. The number of hydrogen-bond donors (Lipinski definition) is 2. The summed E-state index contributed by atoms with van der Waals surface area (Å²) in [6.45, 7) is 2.78. The van der Waals surface area contributed by atoms with E-state index in [-0.39, 0.29) is 40.4 Å². The van der Waals surface area contributed by atoms with E-state index in [1.807, 2.05) is 0 Å². The van der Waals surface area contributed by atoms with Gasteiger partial charge in [0.2, 0.25) is 5.92 Å². The van der Waals surface area contributed by atoms with Crippen molar-refractivity contribution in [2.75, 3.05) is 13.2 Å². The molecule has 0 saturated heterocycles. The van der Waals surface area contributed by atoms with Crippen LogP contribution in [-0.4, -0.2) is 40.5 Å². The standard InChI is InChI=1S/C21H20F3N3O4/c1-11(8-21(2,23)24)25-19(28)12-7-15-20(29)26-14(10-27(15)9-12)13-3-4-16-18(17(13)22)31-6-5-30-16/h3-4,7,9-11H,5-6,8H2,1-2H3,(H,25,28)(H,26,29)/t11-/m1/s1. The van der Waals surface area contributed by atoms with Gasteiger partial charge in [-0.3, -0.25) is 9.59 Å². The molecule has 0 fully saturated rings. The van der Waals surface area contributed by atoms with Crippen LogP contribution in [0.15, 0.2) is 35.4 Å². The summed E-state index contributed by atoms with van der Waals surface area (Å²) < 4.78 is 53.3. The number of nitrogens with zero attached hydrogens (tertiary/aromatic N) is 1. The molecule has 4 rings (SSSR count). The van der Waals surface area contributed by atoms with Crippen LogP contribution in [0.3, 0.4) is 0 Å². The van der Waals surface area contributed by atoms with Gasteiger partial charge in [-0.15, -0.1) is 0 Å². The number of halogens is 3. The zero-order valence-electron chi connectivity index (χ0n) is 16.8. The van der Waals surface area contributed by atoms with Gasteiger partial charge in [0.15, 0.2) is 17.3 Å². The lowest BCUT2D eigenvalue weighted by Crippen LogP contribution is -2.36. The summed E-state index contributed by atoms with van der Waals surface area (Å²) in [6, 6.07) is 3.59. The van der Waals surface area contributed by atoms with Crippen LogP contribution in [0.5, 0.6) is 11.5 Å². The average molecular weight is 435 g/mol. The summed E-state index contributed by atoms with van der Waals surface area (Å²) in [5.74, 6) is -3.93. The number of rotatable bonds is 5. The zero-order chi connectivity index (χ0) is 22.3. The van der Waals surface area contributed by atoms with Crippen molar-refractivity contribution in [2.24, 2.45) is 0 Å². The SMILES string of the molecule is C[C@H](CC(C)(F)F)NC(=O)c1cc2c(=O)[nH]c(-c3ccc4c(c3F)OCCO4)cn2c1. The monoisotopic (exact) mass is 435 g/mol. The van der Waals surface area contributed by atoms with E-state index in [0.29, 0.717) is 6.61 Å². The van der Waals surface area contributed by atoms with Crippen molar-refractivity contribution in [3.05, 3.63) is 52.3 Å². The fraction of sp³-hybridized carbons (Fsp3) is 0.333. The predicted molar refractivity (Wildman–Crippen MR) is 107 cm³/mol. The first-order valence-corrected chi connectivity index (χ1v) is 9.64. The van der Waals surface area contributed by atoms with Crippen LogP contribution in [0, 0.1) is 5.82 Å². The van der Waals surface area contributed by atoms with Gasteiger partial charge in [0.05, 0.1) is 11.3 Å². The molecular weight excluding hydrogens is 415 g/mol. The number of aromatic amines is 1. The molecule has 3 aromatic rings. The number of carbonyl (C=O) groups excluding carboxylic acids is 1. The Morgan fingerprint density at radius 1 is 1.29 bits per heavy atom. The van der Waals surface area contributed by atoms with Crippen molar-refractivity contribution in [1.82, 2.24) is 14.7 Å². The van der Waals surface area contributed by atoms with Crippen molar-refractivity contribution in [2.45, 2.75) is 32.2 Å². The third-order valence-corrected chi connectivity index (χ3v) is 4.84. The van der Waals surface area contributed by atoms with Crippen molar-refractivity contribution < 1.29 is 27.4 Å². The summed E-state index contributed by atoms with van der Waals surface area (Å²) in [5.41, 5.74) is 0.00569. The first-order valence-electron chi connectivity index (χ1n) is 9.64. The second-order valence-electron chi connectivity index (χ2n) is 7.62. The second kappa shape index (κ2) is 7.68. The number of aromatic nitrogens is 2. The molecule has 0 unspecified atom stereocenters. The largest absolute Gasteiger partial charge is 0.486 e. The molecule has 0 saturated carbocycles. The Labute approximate surface area is 174 Å². The minimum Gasteiger partial charge on any atom is -0.486 e. The van der Waals surface area contributed by atoms with Gasteiger partial charge >= 0.3 is 0 Å². The van der Waals surface area contributed by atoms with Crippen LogP contribution < -0.4 is 20.3 Å². The zero-order valence-corrected chi connectivity index (χ0v) is 16.8. The van der Waals surface area contributed by atoms with E-state index in [2.05, 4.69) is 10.3 Å². The summed E-state index contributed by atoms with van der Waals surface area (Å²) in [4.78, 5) is 27.5. The van der Waals surface area contributed by atoms with Crippen LogP contribution >= 0.6 is 0 Å². The summed E-state index contributed by atoms with van der Waals surface area (Å²) in [6.07, 6.45) is 2.34. The average Bonchev–Trinajstić information content (AvgIpc) is 3.12. The molecule has 0 spiro atoms. The van der Waals surface area contributed by atoms with Crippen LogP contribution in [0.2, 0.25) is 0 Å². The Kier molecular flexibility index (Phi) is 5.16. The summed E-state index contributed by atoms with van der Waals surface area (Å²) in [5, 5.41) is 2.49. The van der Waals surface area contributed by atoms with Gasteiger partial charge in [-0.05, 0) is 32.0 Å². The number of alkyl halides is 2. The number of amides is 1. The van der Waals surface area contributed by atoms with Crippen molar-refractivity contribution in [3.63, 3.8) is 0 Å². The first kappa shape index (κ1) is 20.8. The molecule has 0 bridgehead atoms. The molecule has 0 radical (unpaired) electrons. The van der Waals surface area contributed by atoms with Gasteiger partial charge in [0, 0.05) is 30.4 Å². The highest BCUT2D eigenvalue weighted by Crippen LogP contribution is 2.37. The van der Waals surface area contributed by atoms with Gasteiger partial charge in [-0.25, -0.2) is 13.2 Å². The maximum Gasteiger partial charge on any atom is 0.272 e. The Bertz CT molecular complexity index is 1210. The molecule has 1 atom stereocenters. The Morgan fingerprint density at radius 2 is 2.03 bits per heavy atom. The third kappa shape index (κ3) is 4.23. The van der Waals surface area contributed by atoms with E-state index >= 15 is 0 Å². The van der Waals surface area contributed by atoms with E-state index < -0.39 is 35.7 Å². The van der Waals surface area contributed by atoms with Gasteiger partial charge in [0.1, 0.15) is 18.7 Å². The highest BCUT2D eigenvalue weighted by molar-refractivity contribution is 5.95. The molecule has 1 aliphatic rings. The van der Waals surface area contributed by atoms with Crippen molar-refractivity contribution in [1.29, 1.82) is 0 Å². The highest BCUT2D eigenvalue weighted by atomic mass is 19.3. The normalized spacial score (nSPS) is 14.5. The highest BCUT2D eigenvalue weighted by Gasteiger charge is 2.26. The fourth-order valence-corrected chi connectivity index (χ4v) is 3.57. The fourth-order valence-electron chi connectivity index (χ4n) is 3.57. The quantitative estimate of drug-likeness (QED) is 0.644. The Morgan fingerprint density at radius 3 is 2.77 bits per heavy atom. The van der Waals surface area contributed by atoms with Crippen LogP contribution in [0.4, 0.5) is 13.2 Å². The minimum absolute atomic E-state index is 0.0287. The topological polar surface area (TPSA) is 84.8 Å². The van der Waals surface area contributed by atoms with Crippen LogP contribution in [0.25, 0.3) is 16.8 Å². The van der Waals surface area contributed by atoms with Gasteiger partial charge in [-0.1, -0.05) is 0 Å². The van der Waals surface area contributed by atoms with E-state index in [4.69, 9.17) is 9.47 Å². The molecule has 2 aromatic heterocycles. The number of fused-ring (bicyclic) bond motifs is 2. The molecule has 164 valence electrons. The maximum absolute atomic E-state index is 14.9. The molecule has 3 heterocycles. The molecule has 2 N–H and O–H groups in total. The van der Waals surface area contributed by atoms with Crippen LogP contribution in [-0.2, 0) is 0 Å². The van der Waals surface area contributed by atoms with E-state index in [1.165, 1.54) is 35.9 Å². The summed E-state index contributed by atoms with van der Waals surface area (Å²) in [7, 11) is 0. The Hall–Kier alpha value is -3.43. The number of benzene rings is 1. The first-order chi connectivity index (χ1) is 14.6. The number of ether oxygens (including phenoxy) is 2. The number of H-pyrrole nitrogens is 1. The molecule has 31 heavy (non-hydrogen) atoms. The maximum atomic E-state index is 14.9. The van der Waals surface area contributed by atoms with E-state index in [9.17, 15) is 22.8 Å². The number of nitrogens with one attached hydrogen (secondary N) is 2. The molecule has 0 aliphatic carbocycles. The van der Waals surface area contributed by atoms with Gasteiger partial charge < -0.3 is 24.2 Å². The molecule has 1 aliphatic heterocycles. The lowest BCUT2D eigenvalue weighted by molar-refractivity contribution is 0.00497. The lowest BCUT2D eigenvalue weighted by Gasteiger charge is -2.19. The number of hydrogen-bond acceptors (Lipinski definition) is 4. The predicted octanol–water partition coefficient (Wildman–Crippen LogP) is 3.37. The minimum atomic E-state index is -2.92. The Balaban J connectivity index is 1.66. The number of carbonyl (C=O) groups is 1. The van der Waals surface area contributed by atoms with E-state index in [1.54, 1.807) is 6.07 Å². The molecule has 10 heteroatoms. The van der Waals surface area contributed by atoms with Crippen LogP contribution in [0.1, 0.15) is 30.6 Å². The molecule has 1 amide bonds. The second-order valence-corrected chi connectivity index (χ2v) is 7.62. The lowest BCUT2D eigenvalue weighted by atomic mass is 10.1. The molecular formula is C21H20F3N3O4. The van der Waals surface area contributed by atoms with Crippen molar-refractivity contribution >= 4 is 11.4 Å².